The standard InChI is InChI=1S/C9H6Cl3NO/c10-6(4-13)5-14-9-7(11)2-1-3-8(9)12/h1-3,6H,5H2. The van der Waals surface area contributed by atoms with Crippen LogP contribution in [0, 0.1) is 11.3 Å². The summed E-state index contributed by atoms with van der Waals surface area (Å²) in [5, 5.41) is 8.52. The van der Waals surface area contributed by atoms with Gasteiger partial charge in [0.2, 0.25) is 0 Å². The third-order valence-electron chi connectivity index (χ3n) is 1.43. The number of alkyl halides is 1. The lowest BCUT2D eigenvalue weighted by Crippen LogP contribution is -2.09. The fraction of sp³-hybridized carbons (Fsp3) is 0.222. The average molecular weight is 251 g/mol. The van der Waals surface area contributed by atoms with Gasteiger partial charge < -0.3 is 4.74 Å². The minimum Gasteiger partial charge on any atom is -0.488 e. The van der Waals surface area contributed by atoms with Gasteiger partial charge in [-0.3, -0.25) is 0 Å². The van der Waals surface area contributed by atoms with Crippen molar-refractivity contribution in [3.8, 4) is 11.8 Å². The molecule has 0 aliphatic heterocycles. The van der Waals surface area contributed by atoms with Gasteiger partial charge in [-0.15, -0.1) is 11.6 Å². The Morgan fingerprint density at radius 3 is 2.43 bits per heavy atom. The normalized spacial score (nSPS) is 11.9. The highest BCUT2D eigenvalue weighted by molar-refractivity contribution is 6.37. The lowest BCUT2D eigenvalue weighted by molar-refractivity contribution is 0.329. The van der Waals surface area contributed by atoms with Gasteiger partial charge in [-0.1, -0.05) is 29.3 Å². The molecule has 0 fully saturated rings. The number of nitriles is 1. The molecule has 1 atom stereocenters. The van der Waals surface area contributed by atoms with Crippen molar-refractivity contribution in [3.05, 3.63) is 28.2 Å². The van der Waals surface area contributed by atoms with E-state index in [0.717, 1.165) is 0 Å². The van der Waals surface area contributed by atoms with Crippen molar-refractivity contribution in [1.82, 2.24) is 0 Å². The van der Waals surface area contributed by atoms with E-state index in [1.54, 1.807) is 18.2 Å². The van der Waals surface area contributed by atoms with Crippen molar-refractivity contribution in [2.24, 2.45) is 0 Å². The van der Waals surface area contributed by atoms with Crippen molar-refractivity contribution in [3.63, 3.8) is 0 Å². The summed E-state index contributed by atoms with van der Waals surface area (Å²) >= 11 is 17.2. The van der Waals surface area contributed by atoms with E-state index < -0.39 is 5.38 Å². The first kappa shape index (κ1) is 11.5. The van der Waals surface area contributed by atoms with Crippen LogP contribution in [-0.2, 0) is 0 Å². The van der Waals surface area contributed by atoms with Crippen LogP contribution in [0.25, 0.3) is 0 Å². The van der Waals surface area contributed by atoms with E-state index in [0.29, 0.717) is 15.8 Å². The Hall–Kier alpha value is -0.620. The van der Waals surface area contributed by atoms with Gasteiger partial charge in [0.15, 0.2) is 11.1 Å². The second-order valence-corrected chi connectivity index (χ2v) is 3.80. The zero-order chi connectivity index (χ0) is 10.6. The van der Waals surface area contributed by atoms with Crippen LogP contribution in [0.15, 0.2) is 18.2 Å². The smallest absolute Gasteiger partial charge is 0.156 e. The zero-order valence-electron chi connectivity index (χ0n) is 7.01. The quantitative estimate of drug-likeness (QED) is 0.769. The van der Waals surface area contributed by atoms with Gasteiger partial charge in [0.1, 0.15) is 6.61 Å². The largest absolute Gasteiger partial charge is 0.488 e. The molecule has 14 heavy (non-hydrogen) atoms. The molecule has 0 bridgehead atoms. The monoisotopic (exact) mass is 249 g/mol. The number of benzene rings is 1. The molecule has 0 saturated heterocycles. The molecule has 0 heterocycles. The summed E-state index contributed by atoms with van der Waals surface area (Å²) in [5.74, 6) is 0.358. The van der Waals surface area contributed by atoms with Crippen LogP contribution in [0.5, 0.6) is 5.75 Å². The fourth-order valence-corrected chi connectivity index (χ4v) is 1.38. The second kappa shape index (κ2) is 5.31. The van der Waals surface area contributed by atoms with Crippen LogP contribution in [0.3, 0.4) is 0 Å². The van der Waals surface area contributed by atoms with E-state index in [1.807, 2.05) is 6.07 Å². The Kier molecular flexibility index (Phi) is 4.34. The number of hydrogen-bond donors (Lipinski definition) is 0. The molecular weight excluding hydrogens is 244 g/mol. The third kappa shape index (κ3) is 2.95. The summed E-state index contributed by atoms with van der Waals surface area (Å²) in [7, 11) is 0. The van der Waals surface area contributed by atoms with Gasteiger partial charge in [0.25, 0.3) is 0 Å². The van der Waals surface area contributed by atoms with Crippen molar-refractivity contribution in [2.75, 3.05) is 6.61 Å². The van der Waals surface area contributed by atoms with E-state index in [2.05, 4.69) is 0 Å². The van der Waals surface area contributed by atoms with E-state index in [9.17, 15) is 0 Å². The van der Waals surface area contributed by atoms with E-state index in [4.69, 9.17) is 44.8 Å². The first-order valence-corrected chi connectivity index (χ1v) is 4.95. The van der Waals surface area contributed by atoms with Crippen molar-refractivity contribution < 1.29 is 4.74 Å². The van der Waals surface area contributed by atoms with Gasteiger partial charge in [-0.2, -0.15) is 5.26 Å². The van der Waals surface area contributed by atoms with Crippen LogP contribution in [0.1, 0.15) is 0 Å². The number of para-hydroxylation sites is 1. The summed E-state index contributed by atoms with van der Waals surface area (Å²) in [6.07, 6.45) is 0. The fourth-order valence-electron chi connectivity index (χ4n) is 0.814. The predicted molar refractivity (Wildman–Crippen MR) is 57.2 cm³/mol. The van der Waals surface area contributed by atoms with Crippen LogP contribution in [0.4, 0.5) is 0 Å². The van der Waals surface area contributed by atoms with E-state index in [-0.39, 0.29) is 6.61 Å². The van der Waals surface area contributed by atoms with Gasteiger partial charge >= 0.3 is 0 Å². The Bertz CT molecular complexity index is 341. The van der Waals surface area contributed by atoms with Crippen molar-refractivity contribution in [1.29, 1.82) is 5.26 Å². The predicted octanol–water partition coefficient (Wildman–Crippen LogP) is 3.50. The first-order chi connectivity index (χ1) is 6.65. The summed E-state index contributed by atoms with van der Waals surface area (Å²) in [6, 6.07) is 6.84. The molecule has 0 aromatic heterocycles. The molecule has 0 aliphatic rings. The maximum atomic E-state index is 8.42. The van der Waals surface area contributed by atoms with Crippen LogP contribution in [-0.4, -0.2) is 12.0 Å². The summed E-state index contributed by atoms with van der Waals surface area (Å²) in [5.41, 5.74) is 0. The second-order valence-electron chi connectivity index (χ2n) is 2.46. The molecule has 0 spiro atoms. The van der Waals surface area contributed by atoms with Crippen LogP contribution in [0.2, 0.25) is 10.0 Å². The number of halogens is 3. The highest BCUT2D eigenvalue weighted by Crippen LogP contribution is 2.32. The molecule has 1 aromatic carbocycles. The molecule has 2 nitrogen and oxygen atoms in total. The number of nitrogens with zero attached hydrogens (tertiary/aromatic N) is 1. The van der Waals surface area contributed by atoms with Crippen molar-refractivity contribution in [2.45, 2.75) is 5.38 Å². The van der Waals surface area contributed by atoms with Gasteiger partial charge in [-0.05, 0) is 12.1 Å². The molecule has 0 N–H and O–H groups in total. The van der Waals surface area contributed by atoms with E-state index in [1.165, 1.54) is 0 Å². The Balaban J connectivity index is 2.72. The molecular formula is C9H6Cl3NO. The topological polar surface area (TPSA) is 33.0 Å². The molecule has 1 rings (SSSR count). The Morgan fingerprint density at radius 2 is 1.93 bits per heavy atom. The number of rotatable bonds is 3. The van der Waals surface area contributed by atoms with Crippen LogP contribution >= 0.6 is 34.8 Å². The lowest BCUT2D eigenvalue weighted by Gasteiger charge is -2.09. The average Bonchev–Trinajstić information content (AvgIpc) is 2.16. The molecule has 1 unspecified atom stereocenters. The minimum absolute atomic E-state index is 0.0571. The molecule has 0 amide bonds. The minimum atomic E-state index is -0.706. The zero-order valence-corrected chi connectivity index (χ0v) is 9.27. The molecule has 5 heteroatoms. The van der Waals surface area contributed by atoms with Crippen LogP contribution < -0.4 is 4.74 Å². The molecule has 74 valence electrons. The SMILES string of the molecule is N#CC(Cl)COc1c(Cl)cccc1Cl. The van der Waals surface area contributed by atoms with Gasteiger partial charge in [0.05, 0.1) is 16.1 Å². The van der Waals surface area contributed by atoms with E-state index >= 15 is 0 Å². The Morgan fingerprint density at radius 1 is 1.36 bits per heavy atom. The van der Waals surface area contributed by atoms with Crippen molar-refractivity contribution >= 4 is 34.8 Å². The maximum absolute atomic E-state index is 8.42. The molecule has 0 aliphatic carbocycles. The summed E-state index contributed by atoms with van der Waals surface area (Å²) < 4.78 is 5.20. The summed E-state index contributed by atoms with van der Waals surface area (Å²) in [4.78, 5) is 0. The van der Waals surface area contributed by atoms with Gasteiger partial charge in [0, 0.05) is 0 Å². The highest BCUT2D eigenvalue weighted by atomic mass is 35.5. The first-order valence-electron chi connectivity index (χ1n) is 3.75. The lowest BCUT2D eigenvalue weighted by atomic mass is 10.3. The highest BCUT2D eigenvalue weighted by Gasteiger charge is 2.09. The number of hydrogen-bond acceptors (Lipinski definition) is 2. The third-order valence-corrected chi connectivity index (χ3v) is 2.25. The Labute approximate surface area is 96.9 Å². The molecule has 0 saturated carbocycles. The summed E-state index contributed by atoms with van der Waals surface area (Å²) in [6.45, 7) is 0.0571. The maximum Gasteiger partial charge on any atom is 0.156 e. The number of ether oxygens (including phenoxy) is 1. The molecule has 0 radical (unpaired) electrons. The van der Waals surface area contributed by atoms with Gasteiger partial charge in [-0.25, -0.2) is 0 Å². The molecule has 1 aromatic rings.